The lowest BCUT2D eigenvalue weighted by Crippen LogP contribution is -2.43. The first kappa shape index (κ1) is 21.6. The molecule has 0 spiro atoms. The molecule has 0 N–H and O–H groups in total. The molecule has 160 valence electrons. The molecule has 7 heteroatoms. The van der Waals surface area contributed by atoms with E-state index in [1.807, 2.05) is 34.1 Å². The summed E-state index contributed by atoms with van der Waals surface area (Å²) in [6.45, 7) is 3.75. The van der Waals surface area contributed by atoms with E-state index in [2.05, 4.69) is 0 Å². The number of hydrogen-bond acceptors (Lipinski definition) is 5. The fourth-order valence-electron chi connectivity index (χ4n) is 4.11. The van der Waals surface area contributed by atoms with Crippen molar-refractivity contribution < 1.29 is 23.8 Å². The zero-order chi connectivity index (χ0) is 20.6. The van der Waals surface area contributed by atoms with E-state index in [0.717, 1.165) is 44.5 Å². The normalized spacial score (nSPS) is 20.6. The van der Waals surface area contributed by atoms with Gasteiger partial charge in [0.15, 0.2) is 0 Å². The van der Waals surface area contributed by atoms with Crippen molar-refractivity contribution in [2.75, 3.05) is 53.6 Å². The third kappa shape index (κ3) is 5.93. The van der Waals surface area contributed by atoms with Gasteiger partial charge in [-0.3, -0.25) is 9.59 Å². The number of piperidine rings is 2. The zero-order valence-corrected chi connectivity index (χ0v) is 17.5. The molecule has 0 aliphatic carbocycles. The highest BCUT2D eigenvalue weighted by Crippen LogP contribution is 2.22. The van der Waals surface area contributed by atoms with Gasteiger partial charge in [0.2, 0.25) is 5.91 Å². The van der Waals surface area contributed by atoms with Gasteiger partial charge in [-0.25, -0.2) is 0 Å². The molecular formula is C22H32N2O5. The molecular weight excluding hydrogens is 372 g/mol. The predicted octanol–water partition coefficient (Wildman–Crippen LogP) is 2.20. The van der Waals surface area contributed by atoms with Gasteiger partial charge in [0.1, 0.15) is 18.5 Å². The second kappa shape index (κ2) is 10.6. The van der Waals surface area contributed by atoms with E-state index in [1.54, 1.807) is 7.11 Å². The van der Waals surface area contributed by atoms with Crippen molar-refractivity contribution in [3.05, 3.63) is 29.8 Å². The molecule has 2 saturated heterocycles. The minimum atomic E-state index is 0.0271. The molecule has 1 aromatic carbocycles. The molecule has 2 aliphatic heterocycles. The van der Waals surface area contributed by atoms with Gasteiger partial charge in [0.05, 0.1) is 6.61 Å². The van der Waals surface area contributed by atoms with Gasteiger partial charge in [-0.05, 0) is 43.0 Å². The lowest BCUT2D eigenvalue weighted by Gasteiger charge is -2.33. The lowest BCUT2D eigenvalue weighted by molar-refractivity contribution is -0.136. The van der Waals surface area contributed by atoms with Crippen molar-refractivity contribution in [1.29, 1.82) is 0 Å². The molecule has 29 heavy (non-hydrogen) atoms. The summed E-state index contributed by atoms with van der Waals surface area (Å²) >= 11 is 0. The Morgan fingerprint density at radius 3 is 2.34 bits per heavy atom. The van der Waals surface area contributed by atoms with Crippen molar-refractivity contribution in [2.45, 2.75) is 31.8 Å². The van der Waals surface area contributed by atoms with Crippen LogP contribution in [0.4, 0.5) is 0 Å². The number of carbonyl (C=O) groups excluding carboxylic acids is 2. The number of hydrogen-bond donors (Lipinski definition) is 0. The van der Waals surface area contributed by atoms with Crippen molar-refractivity contribution >= 4 is 11.8 Å². The Morgan fingerprint density at radius 1 is 0.966 bits per heavy atom. The molecule has 3 rings (SSSR count). The van der Waals surface area contributed by atoms with Crippen LogP contribution >= 0.6 is 0 Å². The Labute approximate surface area is 172 Å². The molecule has 2 amide bonds. The van der Waals surface area contributed by atoms with Gasteiger partial charge in [-0.1, -0.05) is 0 Å². The molecule has 0 unspecified atom stereocenters. The predicted molar refractivity (Wildman–Crippen MR) is 109 cm³/mol. The van der Waals surface area contributed by atoms with Gasteiger partial charge in [-0.2, -0.15) is 0 Å². The minimum Gasteiger partial charge on any atom is -0.490 e. The second-order valence-electron chi connectivity index (χ2n) is 7.87. The summed E-state index contributed by atoms with van der Waals surface area (Å²) in [5.41, 5.74) is 0.690. The summed E-state index contributed by atoms with van der Waals surface area (Å²) in [6, 6.07) is 7.42. The summed E-state index contributed by atoms with van der Waals surface area (Å²) in [6.07, 6.45) is 3.81. The van der Waals surface area contributed by atoms with E-state index in [1.165, 1.54) is 7.11 Å². The first-order chi connectivity index (χ1) is 14.1. The van der Waals surface area contributed by atoms with Crippen LogP contribution in [0.2, 0.25) is 0 Å². The van der Waals surface area contributed by atoms with Crippen LogP contribution in [0, 0.1) is 5.92 Å². The van der Waals surface area contributed by atoms with Crippen LogP contribution in [-0.2, 0) is 14.3 Å². The summed E-state index contributed by atoms with van der Waals surface area (Å²) in [7, 11) is 3.24. The molecule has 7 nitrogen and oxygen atoms in total. The summed E-state index contributed by atoms with van der Waals surface area (Å²) in [5.74, 6) is 1.28. The van der Waals surface area contributed by atoms with Crippen molar-refractivity contribution in [2.24, 2.45) is 5.92 Å². The maximum atomic E-state index is 12.8. The molecule has 2 aliphatic rings. The quantitative estimate of drug-likeness (QED) is 0.697. The SMILES string of the molecule is COCC(=O)N1CCC(Oc2ccc(C(=O)N3CCC[C@@H](COC)C3)cc2)CC1. The highest BCUT2D eigenvalue weighted by Gasteiger charge is 2.25. The molecule has 0 saturated carbocycles. The average molecular weight is 405 g/mol. The lowest BCUT2D eigenvalue weighted by atomic mass is 9.98. The van der Waals surface area contributed by atoms with Gasteiger partial charge < -0.3 is 24.0 Å². The Morgan fingerprint density at radius 2 is 1.69 bits per heavy atom. The minimum absolute atomic E-state index is 0.0271. The van der Waals surface area contributed by atoms with Crippen molar-refractivity contribution in [3.63, 3.8) is 0 Å². The monoisotopic (exact) mass is 404 g/mol. The van der Waals surface area contributed by atoms with Crippen LogP contribution in [0.25, 0.3) is 0 Å². The molecule has 0 aromatic heterocycles. The van der Waals surface area contributed by atoms with Gasteiger partial charge in [0.25, 0.3) is 5.91 Å². The average Bonchev–Trinajstić information content (AvgIpc) is 2.75. The van der Waals surface area contributed by atoms with E-state index in [-0.39, 0.29) is 24.5 Å². The van der Waals surface area contributed by atoms with Crippen LogP contribution in [0.1, 0.15) is 36.0 Å². The Hall–Kier alpha value is -2.12. The largest absolute Gasteiger partial charge is 0.490 e. The van der Waals surface area contributed by atoms with Crippen LogP contribution in [-0.4, -0.2) is 81.3 Å². The van der Waals surface area contributed by atoms with Crippen LogP contribution in [0.15, 0.2) is 24.3 Å². The third-order valence-electron chi connectivity index (χ3n) is 5.68. The van der Waals surface area contributed by atoms with Crippen LogP contribution < -0.4 is 4.74 Å². The smallest absolute Gasteiger partial charge is 0.253 e. The van der Waals surface area contributed by atoms with Crippen LogP contribution in [0.3, 0.4) is 0 Å². The number of benzene rings is 1. The number of rotatable bonds is 7. The third-order valence-corrected chi connectivity index (χ3v) is 5.68. The second-order valence-corrected chi connectivity index (χ2v) is 7.87. The van der Waals surface area contributed by atoms with E-state index in [4.69, 9.17) is 14.2 Å². The van der Waals surface area contributed by atoms with Crippen LogP contribution in [0.5, 0.6) is 5.75 Å². The maximum Gasteiger partial charge on any atom is 0.253 e. The van der Waals surface area contributed by atoms with E-state index in [9.17, 15) is 9.59 Å². The fraction of sp³-hybridized carbons (Fsp3) is 0.636. The molecule has 2 heterocycles. The van der Waals surface area contributed by atoms with Gasteiger partial charge in [0, 0.05) is 58.8 Å². The summed E-state index contributed by atoms with van der Waals surface area (Å²) < 4.78 is 16.2. The van der Waals surface area contributed by atoms with E-state index in [0.29, 0.717) is 31.2 Å². The Balaban J connectivity index is 1.49. The number of methoxy groups -OCH3 is 2. The first-order valence-corrected chi connectivity index (χ1v) is 10.4. The molecule has 1 atom stereocenters. The highest BCUT2D eigenvalue weighted by atomic mass is 16.5. The summed E-state index contributed by atoms with van der Waals surface area (Å²) in [5, 5.41) is 0. The number of likely N-dealkylation sites (tertiary alicyclic amines) is 2. The zero-order valence-electron chi connectivity index (χ0n) is 17.5. The van der Waals surface area contributed by atoms with E-state index >= 15 is 0 Å². The first-order valence-electron chi connectivity index (χ1n) is 10.4. The van der Waals surface area contributed by atoms with E-state index < -0.39 is 0 Å². The Bertz CT molecular complexity index is 668. The number of nitrogens with zero attached hydrogens (tertiary/aromatic N) is 2. The topological polar surface area (TPSA) is 68.3 Å². The number of ether oxygens (including phenoxy) is 3. The molecule has 0 radical (unpaired) electrons. The number of carbonyl (C=O) groups is 2. The van der Waals surface area contributed by atoms with Gasteiger partial charge >= 0.3 is 0 Å². The standard InChI is InChI=1S/C22H32N2O5/c1-27-15-17-4-3-11-24(14-17)22(26)18-5-7-19(8-6-18)29-20-9-12-23(13-10-20)21(25)16-28-2/h5-8,17,20H,3-4,9-16H2,1-2H3/t17-/m1/s1. The number of amides is 2. The van der Waals surface area contributed by atoms with Crippen molar-refractivity contribution in [3.8, 4) is 5.75 Å². The van der Waals surface area contributed by atoms with Crippen molar-refractivity contribution in [1.82, 2.24) is 9.80 Å². The molecule has 1 aromatic rings. The Kier molecular flexibility index (Phi) is 7.89. The highest BCUT2D eigenvalue weighted by molar-refractivity contribution is 5.94. The fourth-order valence-corrected chi connectivity index (χ4v) is 4.11. The molecule has 2 fully saturated rings. The van der Waals surface area contributed by atoms with Gasteiger partial charge in [-0.15, -0.1) is 0 Å². The maximum absolute atomic E-state index is 12.8. The summed E-state index contributed by atoms with van der Waals surface area (Å²) in [4.78, 5) is 28.4. The molecule has 0 bridgehead atoms.